The van der Waals surface area contributed by atoms with Gasteiger partial charge >= 0.3 is 0 Å². The number of hydrogen-bond donors (Lipinski definition) is 1. The Morgan fingerprint density at radius 2 is 2.11 bits per heavy atom. The summed E-state index contributed by atoms with van der Waals surface area (Å²) in [6, 6.07) is 12.5. The fourth-order valence-electron chi connectivity index (χ4n) is 2.42. The van der Waals surface area contributed by atoms with Crippen molar-refractivity contribution in [3.05, 3.63) is 60.7 Å². The molecule has 7 nitrogen and oxygen atoms in total. The van der Waals surface area contributed by atoms with Crippen molar-refractivity contribution in [3.63, 3.8) is 0 Å². The summed E-state index contributed by atoms with van der Waals surface area (Å²) < 4.78 is 21.9. The smallest absolute Gasteiger partial charge is 0.284 e. The van der Waals surface area contributed by atoms with Crippen LogP contribution in [0.5, 0.6) is 23.0 Å². The van der Waals surface area contributed by atoms with E-state index in [9.17, 15) is 4.79 Å². The van der Waals surface area contributed by atoms with E-state index in [0.717, 1.165) is 5.56 Å². The first-order valence-electron chi connectivity index (χ1n) is 8.34. The van der Waals surface area contributed by atoms with Crippen molar-refractivity contribution < 1.29 is 23.7 Å². The second-order valence-electron chi connectivity index (χ2n) is 5.61. The Bertz CT molecular complexity index is 850. The van der Waals surface area contributed by atoms with Crippen LogP contribution >= 0.6 is 0 Å². The number of rotatable bonds is 7. The summed E-state index contributed by atoms with van der Waals surface area (Å²) in [5.41, 5.74) is 3.20. The van der Waals surface area contributed by atoms with E-state index in [2.05, 4.69) is 17.1 Å². The van der Waals surface area contributed by atoms with Crippen LogP contribution in [0.25, 0.3) is 0 Å². The second-order valence-corrected chi connectivity index (χ2v) is 5.61. The second kappa shape index (κ2) is 8.75. The average Bonchev–Trinajstić information content (AvgIpc) is 2.72. The topological polar surface area (TPSA) is 78.4 Å². The number of benzene rings is 2. The average molecular weight is 368 g/mol. The molecule has 0 bridgehead atoms. The Hall–Kier alpha value is -3.48. The number of carbonyl (C=O) groups excluding carboxylic acids is 1. The first kappa shape index (κ1) is 18.3. The fourth-order valence-corrected chi connectivity index (χ4v) is 2.42. The first-order chi connectivity index (χ1) is 13.2. The third-order valence-electron chi connectivity index (χ3n) is 3.73. The van der Waals surface area contributed by atoms with Gasteiger partial charge in [-0.3, -0.25) is 4.79 Å². The number of ether oxygens (including phenoxy) is 4. The van der Waals surface area contributed by atoms with E-state index in [1.54, 1.807) is 43.5 Å². The summed E-state index contributed by atoms with van der Waals surface area (Å²) in [6.07, 6.45) is 2.40. The predicted molar refractivity (Wildman–Crippen MR) is 101 cm³/mol. The van der Waals surface area contributed by atoms with E-state index in [1.807, 2.05) is 12.1 Å². The lowest BCUT2D eigenvalue weighted by molar-refractivity contribution is -0.130. The van der Waals surface area contributed by atoms with E-state index >= 15 is 0 Å². The van der Waals surface area contributed by atoms with Crippen LogP contribution in [0.3, 0.4) is 0 Å². The molecule has 0 unspecified atom stereocenters. The molecule has 1 amide bonds. The van der Waals surface area contributed by atoms with Gasteiger partial charge in [0, 0.05) is 0 Å². The molecule has 0 aliphatic carbocycles. The maximum absolute atomic E-state index is 12.2. The van der Waals surface area contributed by atoms with Gasteiger partial charge in [-0.15, -0.1) is 0 Å². The van der Waals surface area contributed by atoms with Crippen molar-refractivity contribution in [1.29, 1.82) is 0 Å². The standard InChI is InChI=1S/C20H20N2O5/c1-3-10-25-16-9-8-14(11-18(16)24-2)12-21-22-20(23)19-13-26-15-6-4-5-7-17(15)27-19/h3-9,11-12,19H,1,10,13H2,2H3,(H,22,23)/b21-12-/t19-/m1/s1. The highest BCUT2D eigenvalue weighted by molar-refractivity contribution is 5.85. The highest BCUT2D eigenvalue weighted by Crippen LogP contribution is 2.31. The molecular weight excluding hydrogens is 348 g/mol. The summed E-state index contributed by atoms with van der Waals surface area (Å²) in [7, 11) is 1.55. The Balaban J connectivity index is 1.59. The maximum atomic E-state index is 12.2. The van der Waals surface area contributed by atoms with Crippen LogP contribution in [0.15, 0.2) is 60.2 Å². The molecule has 140 valence electrons. The minimum Gasteiger partial charge on any atom is -0.493 e. The van der Waals surface area contributed by atoms with Gasteiger partial charge in [0.2, 0.25) is 6.10 Å². The molecule has 7 heteroatoms. The molecule has 0 saturated heterocycles. The molecule has 0 fully saturated rings. The van der Waals surface area contributed by atoms with Crippen molar-refractivity contribution in [2.75, 3.05) is 20.3 Å². The van der Waals surface area contributed by atoms with Crippen LogP contribution in [0, 0.1) is 0 Å². The Labute approximate surface area is 157 Å². The number of para-hydroxylation sites is 2. The number of carbonyl (C=O) groups is 1. The minimum atomic E-state index is -0.763. The fraction of sp³-hybridized carbons (Fsp3) is 0.200. The number of nitrogens with zero attached hydrogens (tertiary/aromatic N) is 1. The number of methoxy groups -OCH3 is 1. The van der Waals surface area contributed by atoms with Crippen LogP contribution in [-0.4, -0.2) is 38.5 Å². The molecule has 1 heterocycles. The van der Waals surface area contributed by atoms with Crippen LogP contribution in [0.2, 0.25) is 0 Å². The summed E-state index contributed by atoms with van der Waals surface area (Å²) in [6.45, 7) is 4.12. The van der Waals surface area contributed by atoms with Gasteiger partial charge in [-0.1, -0.05) is 24.8 Å². The zero-order valence-corrected chi connectivity index (χ0v) is 14.9. The number of hydrazone groups is 1. The van der Waals surface area contributed by atoms with Crippen molar-refractivity contribution >= 4 is 12.1 Å². The summed E-state index contributed by atoms with van der Waals surface area (Å²) >= 11 is 0. The monoisotopic (exact) mass is 368 g/mol. The van der Waals surface area contributed by atoms with E-state index in [-0.39, 0.29) is 6.61 Å². The molecule has 2 aromatic carbocycles. The molecule has 2 aromatic rings. The lowest BCUT2D eigenvalue weighted by Gasteiger charge is -2.24. The van der Waals surface area contributed by atoms with Gasteiger partial charge in [0.1, 0.15) is 13.2 Å². The third-order valence-corrected chi connectivity index (χ3v) is 3.73. The lowest BCUT2D eigenvalue weighted by Crippen LogP contribution is -2.42. The normalized spacial score (nSPS) is 15.2. The molecule has 27 heavy (non-hydrogen) atoms. The molecule has 0 spiro atoms. The van der Waals surface area contributed by atoms with Gasteiger partial charge in [-0.05, 0) is 35.9 Å². The van der Waals surface area contributed by atoms with Crippen molar-refractivity contribution in [2.45, 2.75) is 6.10 Å². The Morgan fingerprint density at radius 1 is 1.30 bits per heavy atom. The lowest BCUT2D eigenvalue weighted by atomic mass is 10.2. The largest absolute Gasteiger partial charge is 0.493 e. The quantitative estimate of drug-likeness (QED) is 0.462. The molecule has 0 saturated carbocycles. The van der Waals surface area contributed by atoms with Gasteiger partial charge in [0.05, 0.1) is 13.3 Å². The van der Waals surface area contributed by atoms with E-state index < -0.39 is 12.0 Å². The van der Waals surface area contributed by atoms with E-state index in [1.165, 1.54) is 6.21 Å². The summed E-state index contributed by atoms with van der Waals surface area (Å²) in [5, 5.41) is 3.97. The third kappa shape index (κ3) is 4.58. The number of nitrogens with one attached hydrogen (secondary N) is 1. The van der Waals surface area contributed by atoms with Crippen LogP contribution in [0.1, 0.15) is 5.56 Å². The SMILES string of the molecule is C=CCOc1ccc(/C=N\NC(=O)[C@H]2COc3ccccc3O2)cc1OC. The van der Waals surface area contributed by atoms with Gasteiger partial charge in [0.15, 0.2) is 23.0 Å². The van der Waals surface area contributed by atoms with Crippen LogP contribution in [0.4, 0.5) is 0 Å². The van der Waals surface area contributed by atoms with E-state index in [0.29, 0.717) is 29.6 Å². The predicted octanol–water partition coefficient (Wildman–Crippen LogP) is 2.55. The Morgan fingerprint density at radius 3 is 2.89 bits per heavy atom. The van der Waals surface area contributed by atoms with Crippen molar-refractivity contribution in [1.82, 2.24) is 5.43 Å². The number of fused-ring (bicyclic) bond motifs is 1. The first-order valence-corrected chi connectivity index (χ1v) is 8.34. The number of amides is 1. The van der Waals surface area contributed by atoms with Gasteiger partial charge in [-0.2, -0.15) is 5.10 Å². The zero-order valence-electron chi connectivity index (χ0n) is 14.9. The highest BCUT2D eigenvalue weighted by Gasteiger charge is 2.26. The van der Waals surface area contributed by atoms with E-state index in [4.69, 9.17) is 18.9 Å². The molecule has 0 aromatic heterocycles. The van der Waals surface area contributed by atoms with Crippen molar-refractivity contribution in [3.8, 4) is 23.0 Å². The molecule has 1 aliphatic heterocycles. The van der Waals surface area contributed by atoms with Crippen LogP contribution < -0.4 is 24.4 Å². The summed E-state index contributed by atoms with van der Waals surface area (Å²) in [4.78, 5) is 12.2. The van der Waals surface area contributed by atoms with Crippen LogP contribution in [-0.2, 0) is 4.79 Å². The molecule has 3 rings (SSSR count). The molecule has 1 aliphatic rings. The maximum Gasteiger partial charge on any atom is 0.284 e. The van der Waals surface area contributed by atoms with Gasteiger partial charge < -0.3 is 18.9 Å². The summed E-state index contributed by atoms with van der Waals surface area (Å²) in [5.74, 6) is 1.93. The molecule has 0 radical (unpaired) electrons. The van der Waals surface area contributed by atoms with Gasteiger partial charge in [-0.25, -0.2) is 5.43 Å². The number of hydrogen-bond acceptors (Lipinski definition) is 6. The zero-order chi connectivity index (χ0) is 19.1. The van der Waals surface area contributed by atoms with Gasteiger partial charge in [0.25, 0.3) is 5.91 Å². The molecule has 1 atom stereocenters. The minimum absolute atomic E-state index is 0.127. The van der Waals surface area contributed by atoms with Crippen molar-refractivity contribution in [2.24, 2.45) is 5.10 Å². The molecule has 1 N–H and O–H groups in total. The highest BCUT2D eigenvalue weighted by atomic mass is 16.6. The Kier molecular flexibility index (Phi) is 5.94. The molecular formula is C20H20N2O5.